The van der Waals surface area contributed by atoms with Crippen molar-refractivity contribution in [2.75, 3.05) is 26.2 Å². The van der Waals surface area contributed by atoms with E-state index >= 15 is 0 Å². The molecule has 2 aromatic rings. The lowest BCUT2D eigenvalue weighted by Crippen LogP contribution is -2.36. The molecule has 0 unspecified atom stereocenters. The summed E-state index contributed by atoms with van der Waals surface area (Å²) in [5, 5.41) is 12.6. The quantitative estimate of drug-likeness (QED) is 0.918. The summed E-state index contributed by atoms with van der Waals surface area (Å²) in [5.74, 6) is 0.827. The first-order valence-corrected chi connectivity index (χ1v) is 8.33. The Kier molecular flexibility index (Phi) is 5.30. The normalized spacial score (nSPS) is 18.0. The van der Waals surface area contributed by atoms with Gasteiger partial charge in [-0.05, 0) is 48.8 Å². The van der Waals surface area contributed by atoms with E-state index < -0.39 is 6.10 Å². The first kappa shape index (κ1) is 15.3. The van der Waals surface area contributed by atoms with Crippen LogP contribution in [-0.4, -0.2) is 42.4 Å². The van der Waals surface area contributed by atoms with Crippen LogP contribution in [0, 0.1) is 0 Å². The molecule has 0 radical (unpaired) electrons. The van der Waals surface area contributed by atoms with Gasteiger partial charge < -0.3 is 14.7 Å². The first-order chi connectivity index (χ1) is 10.8. The number of aliphatic hydroxyl groups is 1. The Morgan fingerprint density at radius 2 is 1.68 bits per heavy atom. The fraction of sp³-hybridized carbons (Fsp3) is 0.474. The smallest absolute Gasteiger partial charge is 0.120 e. The fourth-order valence-corrected chi connectivity index (χ4v) is 3.12. The number of hydrogen-bond donors (Lipinski definition) is 1. The number of benzene rings is 2. The summed E-state index contributed by atoms with van der Waals surface area (Å²) in [6, 6.07) is 14.3. The lowest BCUT2D eigenvalue weighted by Gasteiger charge is -2.23. The van der Waals surface area contributed by atoms with E-state index in [9.17, 15) is 5.11 Å². The Labute approximate surface area is 132 Å². The number of hydrogen-bond acceptors (Lipinski definition) is 3. The second-order valence-corrected chi connectivity index (χ2v) is 6.19. The number of β-amino-alcohol motifs (C(OH)–C–C–N with tert-alkyl or cyclic N) is 1. The van der Waals surface area contributed by atoms with Gasteiger partial charge in [-0.2, -0.15) is 0 Å². The second-order valence-electron chi connectivity index (χ2n) is 6.19. The molecule has 118 valence electrons. The van der Waals surface area contributed by atoms with Crippen molar-refractivity contribution in [2.45, 2.75) is 31.8 Å². The standard InChI is InChI=1S/C19H25NO2/c21-18(14-20-11-5-1-2-6-12-20)15-22-19-10-9-16-7-3-4-8-17(16)13-19/h3-4,7-10,13,18,21H,1-2,5-6,11-12,14-15H2/t18-/m1/s1. The van der Waals surface area contributed by atoms with Crippen LogP contribution < -0.4 is 4.74 Å². The highest BCUT2D eigenvalue weighted by atomic mass is 16.5. The van der Waals surface area contributed by atoms with Crippen molar-refractivity contribution in [3.8, 4) is 5.75 Å². The third-order valence-corrected chi connectivity index (χ3v) is 4.33. The highest BCUT2D eigenvalue weighted by Gasteiger charge is 2.14. The zero-order valence-corrected chi connectivity index (χ0v) is 13.1. The van der Waals surface area contributed by atoms with Crippen molar-refractivity contribution in [3.05, 3.63) is 42.5 Å². The predicted molar refractivity (Wildman–Crippen MR) is 90.4 cm³/mol. The van der Waals surface area contributed by atoms with Crippen molar-refractivity contribution in [1.82, 2.24) is 4.90 Å². The summed E-state index contributed by atoms with van der Waals surface area (Å²) >= 11 is 0. The molecule has 1 heterocycles. The molecule has 0 amide bonds. The van der Waals surface area contributed by atoms with Crippen LogP contribution in [0.2, 0.25) is 0 Å². The van der Waals surface area contributed by atoms with E-state index in [-0.39, 0.29) is 0 Å². The molecule has 0 aromatic heterocycles. The van der Waals surface area contributed by atoms with Gasteiger partial charge in [0.05, 0.1) is 0 Å². The van der Waals surface area contributed by atoms with Gasteiger partial charge in [0.25, 0.3) is 0 Å². The average Bonchev–Trinajstić information content (AvgIpc) is 2.81. The second kappa shape index (κ2) is 7.61. The number of rotatable bonds is 5. The molecule has 1 saturated heterocycles. The minimum atomic E-state index is -0.426. The lowest BCUT2D eigenvalue weighted by atomic mass is 10.1. The van der Waals surface area contributed by atoms with E-state index in [2.05, 4.69) is 23.1 Å². The van der Waals surface area contributed by atoms with Crippen LogP contribution in [0.25, 0.3) is 10.8 Å². The van der Waals surface area contributed by atoms with E-state index in [0.717, 1.165) is 18.8 Å². The predicted octanol–water partition coefficient (Wildman–Crippen LogP) is 3.46. The molecule has 0 aliphatic carbocycles. The topological polar surface area (TPSA) is 32.7 Å². The first-order valence-electron chi connectivity index (χ1n) is 8.33. The fourth-order valence-electron chi connectivity index (χ4n) is 3.12. The molecule has 22 heavy (non-hydrogen) atoms. The van der Waals surface area contributed by atoms with E-state index in [4.69, 9.17) is 4.74 Å². The minimum Gasteiger partial charge on any atom is -0.491 e. The summed E-state index contributed by atoms with van der Waals surface area (Å²) < 4.78 is 5.77. The van der Waals surface area contributed by atoms with Crippen LogP contribution >= 0.6 is 0 Å². The molecule has 2 aromatic carbocycles. The summed E-state index contributed by atoms with van der Waals surface area (Å²) in [5.41, 5.74) is 0. The van der Waals surface area contributed by atoms with Gasteiger partial charge in [-0.1, -0.05) is 43.2 Å². The number of nitrogens with zero attached hydrogens (tertiary/aromatic N) is 1. The summed E-state index contributed by atoms with van der Waals surface area (Å²) in [7, 11) is 0. The maximum Gasteiger partial charge on any atom is 0.120 e. The summed E-state index contributed by atoms with van der Waals surface area (Å²) in [4.78, 5) is 2.36. The Bertz CT molecular complexity index is 591. The van der Waals surface area contributed by atoms with Gasteiger partial charge in [-0.15, -0.1) is 0 Å². The molecule has 1 atom stereocenters. The van der Waals surface area contributed by atoms with Crippen LogP contribution in [0.5, 0.6) is 5.75 Å². The summed E-state index contributed by atoms with van der Waals surface area (Å²) in [6.45, 7) is 3.28. The van der Waals surface area contributed by atoms with Crippen molar-refractivity contribution in [1.29, 1.82) is 0 Å². The van der Waals surface area contributed by atoms with Crippen molar-refractivity contribution in [2.24, 2.45) is 0 Å². The van der Waals surface area contributed by atoms with Gasteiger partial charge in [-0.25, -0.2) is 0 Å². The maximum atomic E-state index is 10.2. The Morgan fingerprint density at radius 1 is 0.955 bits per heavy atom. The Morgan fingerprint density at radius 3 is 2.45 bits per heavy atom. The van der Waals surface area contributed by atoms with Crippen molar-refractivity contribution < 1.29 is 9.84 Å². The van der Waals surface area contributed by atoms with E-state index in [1.807, 2.05) is 24.3 Å². The number of fused-ring (bicyclic) bond motifs is 1. The van der Waals surface area contributed by atoms with Crippen LogP contribution in [0.4, 0.5) is 0 Å². The van der Waals surface area contributed by atoms with Crippen LogP contribution in [0.15, 0.2) is 42.5 Å². The number of ether oxygens (including phenoxy) is 1. The maximum absolute atomic E-state index is 10.2. The molecule has 3 heteroatoms. The number of likely N-dealkylation sites (tertiary alicyclic amines) is 1. The molecule has 0 spiro atoms. The van der Waals surface area contributed by atoms with Crippen molar-refractivity contribution in [3.63, 3.8) is 0 Å². The molecule has 1 aliphatic rings. The van der Waals surface area contributed by atoms with Gasteiger partial charge in [0, 0.05) is 6.54 Å². The van der Waals surface area contributed by atoms with Gasteiger partial charge in [0.2, 0.25) is 0 Å². The third kappa shape index (κ3) is 4.21. The van der Waals surface area contributed by atoms with E-state index in [1.54, 1.807) is 0 Å². The lowest BCUT2D eigenvalue weighted by molar-refractivity contribution is 0.0694. The molecule has 1 N–H and O–H groups in total. The molecule has 0 bridgehead atoms. The highest BCUT2D eigenvalue weighted by Crippen LogP contribution is 2.20. The van der Waals surface area contributed by atoms with Gasteiger partial charge in [0.1, 0.15) is 18.5 Å². The van der Waals surface area contributed by atoms with Gasteiger partial charge >= 0.3 is 0 Å². The SMILES string of the molecule is O[C@@H](COc1ccc2ccccc2c1)CN1CCCCCC1. The van der Waals surface area contributed by atoms with E-state index in [0.29, 0.717) is 13.2 Å². The van der Waals surface area contributed by atoms with Crippen LogP contribution in [-0.2, 0) is 0 Å². The molecule has 0 saturated carbocycles. The largest absolute Gasteiger partial charge is 0.491 e. The monoisotopic (exact) mass is 299 g/mol. The molecule has 3 rings (SSSR count). The minimum absolute atomic E-state index is 0.356. The third-order valence-electron chi connectivity index (χ3n) is 4.33. The van der Waals surface area contributed by atoms with Crippen molar-refractivity contribution >= 4 is 10.8 Å². The summed E-state index contributed by atoms with van der Waals surface area (Å²) in [6.07, 6.45) is 4.71. The zero-order valence-electron chi connectivity index (χ0n) is 13.1. The average molecular weight is 299 g/mol. The Balaban J connectivity index is 1.51. The number of aliphatic hydroxyl groups excluding tert-OH is 1. The van der Waals surface area contributed by atoms with E-state index in [1.165, 1.54) is 36.5 Å². The van der Waals surface area contributed by atoms with Gasteiger partial charge in [0.15, 0.2) is 0 Å². The van der Waals surface area contributed by atoms with Crippen LogP contribution in [0.1, 0.15) is 25.7 Å². The van der Waals surface area contributed by atoms with Crippen LogP contribution in [0.3, 0.4) is 0 Å². The molecule has 3 nitrogen and oxygen atoms in total. The highest BCUT2D eigenvalue weighted by molar-refractivity contribution is 5.83. The Hall–Kier alpha value is -1.58. The molecule has 1 aliphatic heterocycles. The molecule has 1 fully saturated rings. The zero-order chi connectivity index (χ0) is 15.2. The molecular formula is C19H25NO2. The molecular weight excluding hydrogens is 274 g/mol. The van der Waals surface area contributed by atoms with Gasteiger partial charge in [-0.3, -0.25) is 0 Å².